The number of benzene rings is 1. The fourth-order valence-corrected chi connectivity index (χ4v) is 5.41. The summed E-state index contributed by atoms with van der Waals surface area (Å²) < 4.78 is 20.2. The van der Waals surface area contributed by atoms with Crippen molar-refractivity contribution in [3.63, 3.8) is 0 Å². The van der Waals surface area contributed by atoms with Gasteiger partial charge in [0.15, 0.2) is 5.76 Å². The summed E-state index contributed by atoms with van der Waals surface area (Å²) in [5.41, 5.74) is 2.27. The van der Waals surface area contributed by atoms with Gasteiger partial charge in [-0.25, -0.2) is 4.98 Å². The standard InChI is InChI=1S/C27H34FN5O/c1-19-14-20(2)18-33(17-19)27-31-26(28)24(34-27)16-29-23-8-9-25(30-15-23)32-12-10-22(11-13-32)21-6-4-3-5-7-21/h3-9,15,19-20,22,29H,10-14,16-18H2,1-2H3. The van der Waals surface area contributed by atoms with Gasteiger partial charge in [-0.05, 0) is 54.7 Å². The van der Waals surface area contributed by atoms with E-state index < -0.39 is 5.95 Å². The van der Waals surface area contributed by atoms with Crippen molar-refractivity contribution in [2.75, 3.05) is 41.3 Å². The fraction of sp³-hybridized carbons (Fsp3) is 0.481. The van der Waals surface area contributed by atoms with Gasteiger partial charge in [0.05, 0.1) is 18.4 Å². The Labute approximate surface area is 201 Å². The maximum Gasteiger partial charge on any atom is 0.300 e. The zero-order valence-corrected chi connectivity index (χ0v) is 20.1. The van der Waals surface area contributed by atoms with Crippen molar-refractivity contribution in [3.05, 3.63) is 65.9 Å². The normalized spacial score (nSPS) is 21.6. The van der Waals surface area contributed by atoms with E-state index in [1.807, 2.05) is 18.3 Å². The maximum atomic E-state index is 14.4. The molecule has 0 amide bonds. The minimum Gasteiger partial charge on any atom is -0.423 e. The summed E-state index contributed by atoms with van der Waals surface area (Å²) in [7, 11) is 0. The predicted molar refractivity (Wildman–Crippen MR) is 134 cm³/mol. The molecule has 1 aromatic carbocycles. The Balaban J connectivity index is 1.15. The summed E-state index contributed by atoms with van der Waals surface area (Å²) >= 11 is 0. The van der Waals surface area contributed by atoms with Gasteiger partial charge in [-0.2, -0.15) is 9.37 Å². The number of pyridine rings is 1. The first-order chi connectivity index (χ1) is 16.5. The molecule has 2 fully saturated rings. The quantitative estimate of drug-likeness (QED) is 0.507. The topological polar surface area (TPSA) is 57.4 Å². The minimum absolute atomic E-state index is 0.230. The summed E-state index contributed by atoms with van der Waals surface area (Å²) in [5.74, 6) is 2.39. The van der Waals surface area contributed by atoms with Crippen LogP contribution in [0.3, 0.4) is 0 Å². The Morgan fingerprint density at radius 2 is 1.74 bits per heavy atom. The van der Waals surface area contributed by atoms with Gasteiger partial charge in [-0.1, -0.05) is 44.2 Å². The molecule has 4 heterocycles. The highest BCUT2D eigenvalue weighted by Crippen LogP contribution is 2.30. The van der Waals surface area contributed by atoms with Crippen LogP contribution in [0.5, 0.6) is 0 Å². The molecule has 1 N–H and O–H groups in total. The van der Waals surface area contributed by atoms with E-state index in [2.05, 4.69) is 69.3 Å². The largest absolute Gasteiger partial charge is 0.423 e. The van der Waals surface area contributed by atoms with Crippen LogP contribution in [0.1, 0.15) is 50.4 Å². The summed E-state index contributed by atoms with van der Waals surface area (Å²) in [5, 5.41) is 3.22. The Hall–Kier alpha value is -3.09. The number of anilines is 3. The number of hydrogen-bond donors (Lipinski definition) is 1. The molecule has 7 heteroatoms. The van der Waals surface area contributed by atoms with Gasteiger partial charge in [0.25, 0.3) is 12.0 Å². The number of hydrogen-bond acceptors (Lipinski definition) is 6. The van der Waals surface area contributed by atoms with Crippen molar-refractivity contribution in [2.24, 2.45) is 11.8 Å². The second-order valence-electron chi connectivity index (χ2n) is 9.99. The number of oxazole rings is 1. The van der Waals surface area contributed by atoms with Crippen LogP contribution in [0, 0.1) is 17.8 Å². The zero-order chi connectivity index (χ0) is 23.5. The SMILES string of the molecule is CC1CC(C)CN(c2nc(F)c(CNc3ccc(N4CCC(c5ccccc5)CC4)nc3)o2)C1. The third-order valence-corrected chi connectivity index (χ3v) is 7.07. The molecule has 180 valence electrons. The first-order valence-corrected chi connectivity index (χ1v) is 12.4. The molecule has 0 aliphatic carbocycles. The Bertz CT molecular complexity index is 1050. The molecule has 0 bridgehead atoms. The van der Waals surface area contributed by atoms with Gasteiger partial charge in [-0.15, -0.1) is 0 Å². The van der Waals surface area contributed by atoms with Gasteiger partial charge in [-0.3, -0.25) is 0 Å². The summed E-state index contributed by atoms with van der Waals surface area (Å²) in [6.45, 7) is 8.37. The molecular formula is C27H34FN5O. The van der Waals surface area contributed by atoms with Crippen molar-refractivity contribution >= 4 is 17.5 Å². The third-order valence-electron chi connectivity index (χ3n) is 7.07. The summed E-state index contributed by atoms with van der Waals surface area (Å²) in [6.07, 6.45) is 5.25. The highest BCUT2D eigenvalue weighted by atomic mass is 19.1. The molecule has 34 heavy (non-hydrogen) atoms. The molecule has 6 nitrogen and oxygen atoms in total. The predicted octanol–water partition coefficient (Wildman–Crippen LogP) is 5.69. The van der Waals surface area contributed by atoms with Gasteiger partial charge < -0.3 is 19.5 Å². The van der Waals surface area contributed by atoms with Crippen LogP contribution in [0.2, 0.25) is 0 Å². The highest BCUT2D eigenvalue weighted by Gasteiger charge is 2.26. The van der Waals surface area contributed by atoms with Crippen molar-refractivity contribution in [3.8, 4) is 0 Å². The van der Waals surface area contributed by atoms with Crippen molar-refractivity contribution < 1.29 is 8.81 Å². The number of rotatable bonds is 6. The molecule has 2 atom stereocenters. The average molecular weight is 464 g/mol. The number of nitrogens with zero attached hydrogens (tertiary/aromatic N) is 4. The Morgan fingerprint density at radius 1 is 1.00 bits per heavy atom. The van der Waals surface area contributed by atoms with E-state index in [9.17, 15) is 4.39 Å². The van der Waals surface area contributed by atoms with Gasteiger partial charge >= 0.3 is 0 Å². The monoisotopic (exact) mass is 463 g/mol. The maximum absolute atomic E-state index is 14.4. The number of piperidine rings is 2. The number of aromatic nitrogens is 2. The van der Waals surface area contributed by atoms with E-state index in [0.717, 1.165) is 50.5 Å². The molecule has 2 saturated heterocycles. The van der Waals surface area contributed by atoms with E-state index in [-0.39, 0.29) is 12.3 Å². The van der Waals surface area contributed by atoms with Crippen LogP contribution in [-0.4, -0.2) is 36.1 Å². The van der Waals surface area contributed by atoms with E-state index in [1.165, 1.54) is 12.0 Å². The fourth-order valence-electron chi connectivity index (χ4n) is 5.41. The molecule has 0 radical (unpaired) electrons. The molecule has 2 aromatic heterocycles. The van der Waals surface area contributed by atoms with E-state index in [1.54, 1.807) is 0 Å². The molecule has 2 unspecified atom stereocenters. The van der Waals surface area contributed by atoms with Crippen LogP contribution in [0.15, 0.2) is 53.1 Å². The molecule has 5 rings (SSSR count). The van der Waals surface area contributed by atoms with Gasteiger partial charge in [0.2, 0.25) is 0 Å². The Kier molecular flexibility index (Phi) is 6.70. The molecule has 2 aliphatic heterocycles. The third kappa shape index (κ3) is 5.18. The van der Waals surface area contributed by atoms with Gasteiger partial charge in [0, 0.05) is 26.2 Å². The molecule has 0 spiro atoms. The van der Waals surface area contributed by atoms with E-state index >= 15 is 0 Å². The molecule has 2 aliphatic rings. The molecule has 0 saturated carbocycles. The van der Waals surface area contributed by atoms with Crippen LogP contribution in [-0.2, 0) is 6.54 Å². The lowest BCUT2D eigenvalue weighted by Crippen LogP contribution is -2.38. The number of halogens is 1. The van der Waals surface area contributed by atoms with Crippen molar-refractivity contribution in [1.29, 1.82) is 0 Å². The van der Waals surface area contributed by atoms with E-state index in [4.69, 9.17) is 4.42 Å². The second kappa shape index (κ2) is 10.0. The Morgan fingerprint density at radius 3 is 2.41 bits per heavy atom. The van der Waals surface area contributed by atoms with E-state index in [0.29, 0.717) is 23.8 Å². The van der Waals surface area contributed by atoms with Crippen LogP contribution in [0.25, 0.3) is 0 Å². The molecular weight excluding hydrogens is 429 g/mol. The molecule has 3 aromatic rings. The lowest BCUT2D eigenvalue weighted by molar-refractivity contribution is 0.338. The second-order valence-corrected chi connectivity index (χ2v) is 9.99. The minimum atomic E-state index is -0.542. The van der Waals surface area contributed by atoms with Crippen molar-refractivity contribution in [2.45, 2.75) is 45.6 Å². The average Bonchev–Trinajstić information content (AvgIpc) is 3.24. The van der Waals surface area contributed by atoms with Crippen LogP contribution in [0.4, 0.5) is 21.9 Å². The smallest absolute Gasteiger partial charge is 0.300 e. The number of nitrogens with one attached hydrogen (secondary N) is 1. The first kappa shape index (κ1) is 22.7. The zero-order valence-electron chi connectivity index (χ0n) is 20.1. The highest BCUT2D eigenvalue weighted by molar-refractivity contribution is 5.49. The lowest BCUT2D eigenvalue weighted by atomic mass is 9.89. The van der Waals surface area contributed by atoms with Crippen LogP contribution < -0.4 is 15.1 Å². The summed E-state index contributed by atoms with van der Waals surface area (Å²) in [4.78, 5) is 13.1. The van der Waals surface area contributed by atoms with Crippen LogP contribution >= 0.6 is 0 Å². The van der Waals surface area contributed by atoms with Crippen molar-refractivity contribution in [1.82, 2.24) is 9.97 Å². The van der Waals surface area contributed by atoms with Gasteiger partial charge in [0.1, 0.15) is 5.82 Å². The first-order valence-electron chi connectivity index (χ1n) is 12.4. The lowest BCUT2D eigenvalue weighted by Gasteiger charge is -2.33. The summed E-state index contributed by atoms with van der Waals surface area (Å²) in [6, 6.07) is 15.2.